The van der Waals surface area contributed by atoms with Crippen molar-refractivity contribution in [1.82, 2.24) is 4.90 Å². The van der Waals surface area contributed by atoms with Gasteiger partial charge in [0.25, 0.3) is 0 Å². The second-order valence-electron chi connectivity index (χ2n) is 9.30. The summed E-state index contributed by atoms with van der Waals surface area (Å²) in [5.41, 5.74) is -0.128. The van der Waals surface area contributed by atoms with Gasteiger partial charge < -0.3 is 9.84 Å². The molecule has 0 radical (unpaired) electrons. The first-order valence-electron chi connectivity index (χ1n) is 10.5. The fourth-order valence-electron chi connectivity index (χ4n) is 5.53. The molecule has 1 amide bonds. The number of ether oxygens (including phenoxy) is 1. The summed E-state index contributed by atoms with van der Waals surface area (Å²) in [6, 6.07) is 10.6. The van der Waals surface area contributed by atoms with Crippen LogP contribution < -0.4 is 0 Å². The molecule has 1 heterocycles. The highest BCUT2D eigenvalue weighted by atomic mass is 16.6. The Morgan fingerprint density at radius 1 is 1.04 bits per heavy atom. The number of nitrogens with zero attached hydrogens (tertiary/aromatic N) is 1. The molecule has 2 fully saturated rings. The van der Waals surface area contributed by atoms with Crippen molar-refractivity contribution in [1.29, 1.82) is 0 Å². The smallest absolute Gasteiger partial charge is 0.410 e. The molecular formula is C23H35NO3. The molecule has 1 aliphatic heterocycles. The average molecular weight is 374 g/mol. The van der Waals surface area contributed by atoms with Crippen LogP contribution in [0.3, 0.4) is 0 Å². The van der Waals surface area contributed by atoms with Crippen molar-refractivity contribution in [3.05, 3.63) is 35.9 Å². The number of hydrogen-bond acceptors (Lipinski definition) is 2. The van der Waals surface area contributed by atoms with Crippen LogP contribution in [0.1, 0.15) is 84.1 Å². The zero-order valence-corrected chi connectivity index (χ0v) is 17.3. The van der Waals surface area contributed by atoms with E-state index in [0.717, 1.165) is 0 Å². The van der Waals surface area contributed by atoms with Crippen LogP contribution in [0.25, 0.3) is 0 Å². The largest absolute Gasteiger partial charge is 0.465 e. The monoisotopic (exact) mass is 373 g/mol. The van der Waals surface area contributed by atoms with Gasteiger partial charge in [-0.3, -0.25) is 4.90 Å². The summed E-state index contributed by atoms with van der Waals surface area (Å²) in [5.74, 6) is 0.740. The molecule has 2 unspecified atom stereocenters. The Bertz CT molecular complexity index is 632. The van der Waals surface area contributed by atoms with Gasteiger partial charge in [-0.2, -0.15) is 0 Å². The molecule has 4 heteroatoms. The summed E-state index contributed by atoms with van der Waals surface area (Å²) in [7, 11) is 0. The zero-order chi connectivity index (χ0) is 19.7. The fourth-order valence-corrected chi connectivity index (χ4v) is 5.53. The van der Waals surface area contributed by atoms with Crippen LogP contribution in [0.2, 0.25) is 0 Å². The number of amides is 1. The van der Waals surface area contributed by atoms with Gasteiger partial charge in [-0.15, -0.1) is 0 Å². The molecule has 3 rings (SSSR count). The predicted octanol–water partition coefficient (Wildman–Crippen LogP) is 6.02. The molecule has 0 aromatic heterocycles. The molecule has 1 aromatic carbocycles. The maximum absolute atomic E-state index is 12.1. The van der Waals surface area contributed by atoms with Crippen molar-refractivity contribution in [2.45, 2.75) is 95.9 Å². The van der Waals surface area contributed by atoms with E-state index in [9.17, 15) is 9.90 Å². The molecule has 1 aliphatic carbocycles. The second kappa shape index (κ2) is 7.83. The third kappa shape index (κ3) is 4.01. The van der Waals surface area contributed by atoms with E-state index in [1.165, 1.54) is 55.4 Å². The molecule has 0 spiro atoms. The summed E-state index contributed by atoms with van der Waals surface area (Å²) in [6.07, 6.45) is 7.80. The number of carbonyl (C=O) groups is 1. The van der Waals surface area contributed by atoms with Crippen LogP contribution in [0.4, 0.5) is 4.79 Å². The second-order valence-corrected chi connectivity index (χ2v) is 9.30. The summed E-state index contributed by atoms with van der Waals surface area (Å²) in [5, 5.41) is 9.89. The summed E-state index contributed by atoms with van der Waals surface area (Å²) in [6.45, 7) is 7.81. The first kappa shape index (κ1) is 20.2. The number of benzene rings is 1. The average Bonchev–Trinajstić information content (AvgIpc) is 2.75. The summed E-state index contributed by atoms with van der Waals surface area (Å²) < 4.78 is 6.52. The van der Waals surface area contributed by atoms with Gasteiger partial charge in [0.1, 0.15) is 5.72 Å². The van der Waals surface area contributed by atoms with E-state index >= 15 is 0 Å². The molecule has 0 bridgehead atoms. The molecule has 1 saturated heterocycles. The third-order valence-corrected chi connectivity index (χ3v) is 6.59. The molecule has 27 heavy (non-hydrogen) atoms. The minimum atomic E-state index is -0.906. The summed E-state index contributed by atoms with van der Waals surface area (Å²) in [4.78, 5) is 13.6. The number of rotatable bonds is 3. The van der Waals surface area contributed by atoms with Crippen LogP contribution in [0, 0.1) is 5.92 Å². The van der Waals surface area contributed by atoms with Gasteiger partial charge in [-0.1, -0.05) is 62.4 Å². The van der Waals surface area contributed by atoms with Crippen molar-refractivity contribution < 1.29 is 14.6 Å². The van der Waals surface area contributed by atoms with E-state index in [2.05, 4.69) is 24.3 Å². The normalized spacial score (nSPS) is 27.0. The van der Waals surface area contributed by atoms with Crippen LogP contribution >= 0.6 is 0 Å². The highest BCUT2D eigenvalue weighted by Gasteiger charge is 2.58. The Morgan fingerprint density at radius 3 is 2.11 bits per heavy atom. The Balaban J connectivity index is 2.01. The topological polar surface area (TPSA) is 49.8 Å². The van der Waals surface area contributed by atoms with Gasteiger partial charge in [0.05, 0.1) is 11.6 Å². The van der Waals surface area contributed by atoms with E-state index in [0.29, 0.717) is 5.92 Å². The van der Waals surface area contributed by atoms with Crippen LogP contribution in [0.15, 0.2) is 30.3 Å². The van der Waals surface area contributed by atoms with E-state index in [1.807, 2.05) is 33.8 Å². The van der Waals surface area contributed by atoms with Crippen LogP contribution in [0.5, 0.6) is 0 Å². The molecule has 150 valence electrons. The Hall–Kier alpha value is -1.55. The van der Waals surface area contributed by atoms with Crippen LogP contribution in [-0.2, 0) is 4.74 Å². The Labute approximate surface area is 163 Å². The molecule has 1 N–H and O–H groups in total. The standard InChI is InChI=1S/C23H35NO3/c1-22(2)20(27-23(3,4)24(22)21(25)26)19(18-15-11-8-12-16-18)17-13-9-6-5-7-10-14-17/h8,11-12,15-17,19-20H,5-7,9-10,13-14H2,1-4H3,(H,25,26). The Kier molecular flexibility index (Phi) is 5.85. The lowest BCUT2D eigenvalue weighted by Gasteiger charge is -2.40. The Morgan fingerprint density at radius 2 is 1.59 bits per heavy atom. The van der Waals surface area contributed by atoms with Gasteiger partial charge in [0, 0.05) is 5.92 Å². The molecule has 2 atom stereocenters. The van der Waals surface area contributed by atoms with E-state index in [4.69, 9.17) is 4.74 Å². The van der Waals surface area contributed by atoms with E-state index in [-0.39, 0.29) is 12.0 Å². The minimum Gasteiger partial charge on any atom is -0.465 e. The highest BCUT2D eigenvalue weighted by Crippen LogP contribution is 2.49. The predicted molar refractivity (Wildman–Crippen MR) is 108 cm³/mol. The first-order chi connectivity index (χ1) is 12.7. The first-order valence-corrected chi connectivity index (χ1v) is 10.5. The number of hydrogen-bond donors (Lipinski definition) is 1. The SMILES string of the molecule is CC1(C)OC(C(c2ccccc2)C2CCCCCCC2)C(C)(C)N1C(=O)O. The van der Waals surface area contributed by atoms with Crippen molar-refractivity contribution in [2.75, 3.05) is 0 Å². The molecule has 1 saturated carbocycles. The zero-order valence-electron chi connectivity index (χ0n) is 17.3. The van der Waals surface area contributed by atoms with Crippen molar-refractivity contribution >= 4 is 6.09 Å². The minimum absolute atomic E-state index is 0.157. The molecule has 2 aliphatic rings. The lowest BCUT2D eigenvalue weighted by atomic mass is 9.71. The van der Waals surface area contributed by atoms with Crippen molar-refractivity contribution in [2.24, 2.45) is 5.92 Å². The van der Waals surface area contributed by atoms with Crippen molar-refractivity contribution in [3.8, 4) is 0 Å². The third-order valence-electron chi connectivity index (χ3n) is 6.59. The lowest BCUT2D eigenvalue weighted by Crippen LogP contribution is -2.54. The van der Waals surface area contributed by atoms with E-state index in [1.54, 1.807) is 0 Å². The van der Waals surface area contributed by atoms with Gasteiger partial charge in [-0.05, 0) is 52.0 Å². The van der Waals surface area contributed by atoms with Gasteiger partial charge in [0.15, 0.2) is 0 Å². The van der Waals surface area contributed by atoms with Crippen molar-refractivity contribution in [3.63, 3.8) is 0 Å². The number of carboxylic acid groups (broad SMARTS) is 1. The maximum Gasteiger partial charge on any atom is 0.410 e. The van der Waals surface area contributed by atoms with Gasteiger partial charge in [0.2, 0.25) is 0 Å². The molecular weight excluding hydrogens is 338 g/mol. The maximum atomic E-state index is 12.1. The lowest BCUT2D eigenvalue weighted by molar-refractivity contribution is -0.0774. The molecule has 1 aromatic rings. The van der Waals surface area contributed by atoms with Gasteiger partial charge in [-0.25, -0.2) is 4.79 Å². The highest BCUT2D eigenvalue weighted by molar-refractivity contribution is 5.67. The fraction of sp³-hybridized carbons (Fsp3) is 0.696. The molecule has 4 nitrogen and oxygen atoms in total. The quantitative estimate of drug-likeness (QED) is 0.704. The van der Waals surface area contributed by atoms with Gasteiger partial charge >= 0.3 is 6.09 Å². The van der Waals surface area contributed by atoms with E-state index < -0.39 is 17.4 Å². The van der Waals surface area contributed by atoms with Crippen LogP contribution in [-0.4, -0.2) is 33.5 Å². The summed E-state index contributed by atoms with van der Waals surface area (Å²) >= 11 is 0.